The van der Waals surface area contributed by atoms with Crippen LogP contribution in [-0.4, -0.2) is 56.3 Å². The predicted molar refractivity (Wildman–Crippen MR) is 137 cm³/mol. The molecule has 1 fully saturated rings. The van der Waals surface area contributed by atoms with Crippen LogP contribution in [0.4, 0.5) is 5.69 Å². The lowest BCUT2D eigenvalue weighted by molar-refractivity contribution is -0.384. The van der Waals surface area contributed by atoms with Crippen LogP contribution in [0.2, 0.25) is 10.0 Å². The average molecular weight is 544 g/mol. The molecule has 2 heterocycles. The van der Waals surface area contributed by atoms with Crippen LogP contribution in [-0.2, 0) is 4.79 Å². The van der Waals surface area contributed by atoms with E-state index in [1.54, 1.807) is 23.1 Å². The monoisotopic (exact) mass is 543 g/mol. The fraction of sp³-hybridized carbons (Fsp3) is 0.280. The van der Waals surface area contributed by atoms with Crippen molar-refractivity contribution in [3.8, 4) is 11.4 Å². The van der Waals surface area contributed by atoms with Crippen LogP contribution < -0.4 is 0 Å². The van der Waals surface area contributed by atoms with E-state index in [2.05, 4.69) is 16.7 Å². The van der Waals surface area contributed by atoms with Crippen molar-refractivity contribution in [2.24, 2.45) is 0 Å². The van der Waals surface area contributed by atoms with E-state index in [0.717, 1.165) is 18.9 Å². The second kappa shape index (κ2) is 11.5. The molecule has 0 radical (unpaired) electrons. The number of non-ortho nitro benzene ring substituents is 1. The number of likely N-dealkylation sites (tertiary alicyclic amines) is 1. The van der Waals surface area contributed by atoms with E-state index >= 15 is 0 Å². The quantitative estimate of drug-likeness (QED) is 0.213. The second-order valence-corrected chi connectivity index (χ2v) is 9.30. The van der Waals surface area contributed by atoms with Crippen molar-refractivity contribution in [3.63, 3.8) is 0 Å². The first-order chi connectivity index (χ1) is 17.8. The average Bonchev–Trinajstić information content (AvgIpc) is 3.38. The molecule has 1 aromatic heterocycles. The molecule has 0 aliphatic carbocycles. The van der Waals surface area contributed by atoms with Gasteiger partial charge in [-0.2, -0.15) is 4.98 Å². The van der Waals surface area contributed by atoms with Gasteiger partial charge in [0.1, 0.15) is 12.6 Å². The van der Waals surface area contributed by atoms with E-state index in [1.807, 2.05) is 6.07 Å². The van der Waals surface area contributed by atoms with Gasteiger partial charge in [-0.05, 0) is 37.5 Å². The first-order valence-electron chi connectivity index (χ1n) is 11.5. The maximum absolute atomic E-state index is 13.4. The molecule has 4 rings (SSSR count). The molecule has 1 atom stereocenters. The Morgan fingerprint density at radius 1 is 1.24 bits per heavy atom. The van der Waals surface area contributed by atoms with Gasteiger partial charge in [0.25, 0.3) is 11.6 Å². The highest BCUT2D eigenvalue weighted by Crippen LogP contribution is 2.32. The van der Waals surface area contributed by atoms with Gasteiger partial charge in [-0.15, -0.1) is 6.58 Å². The van der Waals surface area contributed by atoms with Crippen molar-refractivity contribution < 1.29 is 19.0 Å². The first kappa shape index (κ1) is 26.3. The number of nitro groups is 1. The Kier molecular flexibility index (Phi) is 8.20. The maximum Gasteiger partial charge on any atom is 0.270 e. The number of carbonyl (C=O) groups is 2. The van der Waals surface area contributed by atoms with Gasteiger partial charge < -0.3 is 14.3 Å². The SMILES string of the molecule is C=CCN(CC(=O)N1CCCCC1c1nc(-c2cccc(Cl)c2)no1)C(=O)c1ccc([N+](=O)[O-])cc1Cl. The topological polar surface area (TPSA) is 123 Å². The minimum Gasteiger partial charge on any atom is -0.337 e. The first-order valence-corrected chi connectivity index (χ1v) is 12.3. The lowest BCUT2D eigenvalue weighted by Gasteiger charge is -2.35. The number of aromatic nitrogens is 2. The van der Waals surface area contributed by atoms with Gasteiger partial charge in [0, 0.05) is 35.8 Å². The minimum absolute atomic E-state index is 0.0557. The summed E-state index contributed by atoms with van der Waals surface area (Å²) in [4.78, 5) is 44.5. The zero-order valence-corrected chi connectivity index (χ0v) is 21.2. The number of nitrogens with zero attached hydrogens (tertiary/aromatic N) is 5. The van der Waals surface area contributed by atoms with Gasteiger partial charge in [0.15, 0.2) is 0 Å². The van der Waals surface area contributed by atoms with Crippen molar-refractivity contribution in [2.45, 2.75) is 25.3 Å². The van der Waals surface area contributed by atoms with Crippen LogP contribution in [0.25, 0.3) is 11.4 Å². The lowest BCUT2D eigenvalue weighted by atomic mass is 10.0. The van der Waals surface area contributed by atoms with Gasteiger partial charge in [0.2, 0.25) is 17.6 Å². The third-order valence-corrected chi connectivity index (χ3v) is 6.54. The highest BCUT2D eigenvalue weighted by atomic mass is 35.5. The number of benzene rings is 2. The Morgan fingerprint density at radius 3 is 2.76 bits per heavy atom. The fourth-order valence-electron chi connectivity index (χ4n) is 4.19. The van der Waals surface area contributed by atoms with E-state index in [4.69, 9.17) is 27.7 Å². The summed E-state index contributed by atoms with van der Waals surface area (Å²) in [6.45, 7) is 3.97. The molecule has 2 amide bonds. The van der Waals surface area contributed by atoms with Crippen molar-refractivity contribution >= 4 is 40.7 Å². The summed E-state index contributed by atoms with van der Waals surface area (Å²) >= 11 is 12.2. The lowest BCUT2D eigenvalue weighted by Crippen LogP contribution is -2.46. The standard InChI is InChI=1S/C25H23Cl2N5O5/c1-2-11-30(25(34)19-10-9-18(32(35)36)14-20(19)27)15-22(33)31-12-4-3-8-21(31)24-28-23(29-37-24)16-6-5-7-17(26)13-16/h2,5-7,9-10,13-14,21H,1,3-4,8,11-12,15H2. The Hall–Kier alpha value is -3.76. The number of piperidine rings is 1. The number of amides is 2. The Morgan fingerprint density at radius 2 is 2.05 bits per heavy atom. The van der Waals surface area contributed by atoms with Crippen LogP contribution in [0.5, 0.6) is 0 Å². The van der Waals surface area contributed by atoms with Crippen molar-refractivity contribution in [1.29, 1.82) is 0 Å². The van der Waals surface area contributed by atoms with E-state index < -0.39 is 16.9 Å². The second-order valence-electron chi connectivity index (χ2n) is 8.46. The predicted octanol–water partition coefficient (Wildman–Crippen LogP) is 5.33. The van der Waals surface area contributed by atoms with E-state index in [-0.39, 0.29) is 35.3 Å². The minimum atomic E-state index is -0.600. The zero-order valence-electron chi connectivity index (χ0n) is 19.7. The van der Waals surface area contributed by atoms with Crippen molar-refractivity contribution in [1.82, 2.24) is 19.9 Å². The summed E-state index contributed by atoms with van der Waals surface area (Å²) in [5.41, 5.74) is 0.514. The molecule has 1 aliphatic heterocycles. The third kappa shape index (κ3) is 5.98. The number of hydrogen-bond acceptors (Lipinski definition) is 7. The third-order valence-electron chi connectivity index (χ3n) is 5.99. The van der Waals surface area contributed by atoms with Gasteiger partial charge in [0.05, 0.1) is 15.5 Å². The fourth-order valence-corrected chi connectivity index (χ4v) is 4.64. The molecule has 0 N–H and O–H groups in total. The normalized spacial score (nSPS) is 15.3. The summed E-state index contributed by atoms with van der Waals surface area (Å²) in [6, 6.07) is 10.2. The summed E-state index contributed by atoms with van der Waals surface area (Å²) in [7, 11) is 0. The number of halogens is 2. The summed E-state index contributed by atoms with van der Waals surface area (Å²) in [5.74, 6) is -0.169. The van der Waals surface area contributed by atoms with Crippen LogP contribution >= 0.6 is 23.2 Å². The Labute approximate surface area is 222 Å². The van der Waals surface area contributed by atoms with Crippen LogP contribution in [0.1, 0.15) is 41.6 Å². The molecule has 0 saturated carbocycles. The Bertz CT molecular complexity index is 1340. The molecule has 2 aromatic carbocycles. The van der Waals surface area contributed by atoms with E-state index in [9.17, 15) is 19.7 Å². The molecule has 1 saturated heterocycles. The maximum atomic E-state index is 13.4. The summed E-state index contributed by atoms with van der Waals surface area (Å²) < 4.78 is 5.53. The number of hydrogen-bond donors (Lipinski definition) is 0. The van der Waals surface area contributed by atoms with Crippen molar-refractivity contribution in [3.05, 3.63) is 86.7 Å². The molecule has 37 heavy (non-hydrogen) atoms. The van der Waals surface area contributed by atoms with E-state index in [1.165, 1.54) is 23.1 Å². The highest BCUT2D eigenvalue weighted by Gasteiger charge is 2.34. The summed E-state index contributed by atoms with van der Waals surface area (Å²) in [6.07, 6.45) is 3.79. The van der Waals surface area contributed by atoms with Crippen molar-refractivity contribution in [2.75, 3.05) is 19.6 Å². The molecule has 0 spiro atoms. The molecule has 10 nitrogen and oxygen atoms in total. The molecule has 12 heteroatoms. The van der Waals surface area contributed by atoms with Crippen LogP contribution in [0, 0.1) is 10.1 Å². The molecular formula is C25H23Cl2N5O5. The molecule has 3 aromatic rings. The highest BCUT2D eigenvalue weighted by molar-refractivity contribution is 6.34. The molecule has 1 unspecified atom stereocenters. The van der Waals surface area contributed by atoms with Crippen LogP contribution in [0.15, 0.2) is 59.6 Å². The molecule has 1 aliphatic rings. The largest absolute Gasteiger partial charge is 0.337 e. The van der Waals surface area contributed by atoms with Gasteiger partial charge in [-0.3, -0.25) is 19.7 Å². The number of nitro benzene ring substituents is 1. The molecular weight excluding hydrogens is 521 g/mol. The van der Waals surface area contributed by atoms with Crippen LogP contribution in [0.3, 0.4) is 0 Å². The smallest absolute Gasteiger partial charge is 0.270 e. The number of carbonyl (C=O) groups excluding carboxylic acids is 2. The number of rotatable bonds is 8. The molecule has 192 valence electrons. The Balaban J connectivity index is 1.53. The zero-order chi connectivity index (χ0) is 26.5. The van der Waals surface area contributed by atoms with Gasteiger partial charge in [-0.1, -0.05) is 46.6 Å². The van der Waals surface area contributed by atoms with E-state index in [0.29, 0.717) is 35.3 Å². The van der Waals surface area contributed by atoms with Gasteiger partial charge in [-0.25, -0.2) is 0 Å². The molecule has 0 bridgehead atoms. The van der Waals surface area contributed by atoms with Gasteiger partial charge >= 0.3 is 0 Å². The summed E-state index contributed by atoms with van der Waals surface area (Å²) in [5, 5.41) is 15.5.